The molecule has 1 aliphatic heterocycles. The number of likely N-dealkylation sites (tertiary alicyclic amines) is 1. The van der Waals surface area contributed by atoms with Gasteiger partial charge in [-0.25, -0.2) is 4.39 Å². The van der Waals surface area contributed by atoms with Gasteiger partial charge in [0.25, 0.3) is 0 Å². The molecule has 106 valence electrons. The van der Waals surface area contributed by atoms with E-state index >= 15 is 0 Å². The highest BCUT2D eigenvalue weighted by Crippen LogP contribution is 2.31. The number of rotatable bonds is 3. The molecule has 0 aromatic heterocycles. The maximum atomic E-state index is 13.6. The average Bonchev–Trinajstić information content (AvgIpc) is 2.37. The van der Waals surface area contributed by atoms with E-state index in [2.05, 4.69) is 18.7 Å². The van der Waals surface area contributed by atoms with Crippen LogP contribution in [0.1, 0.15) is 38.3 Å². The van der Waals surface area contributed by atoms with E-state index in [-0.39, 0.29) is 16.9 Å². The zero-order valence-corrected chi connectivity index (χ0v) is 12.3. The van der Waals surface area contributed by atoms with Gasteiger partial charge in [-0.15, -0.1) is 0 Å². The third-order valence-corrected chi connectivity index (χ3v) is 4.45. The first-order valence-corrected chi connectivity index (χ1v) is 7.31. The first-order chi connectivity index (χ1) is 9.02. The standard InChI is InChI=1S/C15H22ClFN2/c1-10-5-6-19(11(2)7-10)15(9-18)12-3-4-13(16)14(17)8-12/h3-4,8,10-11,15H,5-7,9,18H2,1-2H3. The van der Waals surface area contributed by atoms with Crippen molar-refractivity contribution in [3.63, 3.8) is 0 Å². The van der Waals surface area contributed by atoms with Crippen molar-refractivity contribution >= 4 is 11.6 Å². The molecule has 1 aromatic carbocycles. The number of hydrogen-bond acceptors (Lipinski definition) is 2. The van der Waals surface area contributed by atoms with Crippen LogP contribution in [-0.4, -0.2) is 24.0 Å². The zero-order chi connectivity index (χ0) is 14.0. The summed E-state index contributed by atoms with van der Waals surface area (Å²) in [5, 5.41) is 0.167. The Morgan fingerprint density at radius 3 is 2.79 bits per heavy atom. The predicted octanol–water partition coefficient (Wildman–Crippen LogP) is 3.60. The van der Waals surface area contributed by atoms with Gasteiger partial charge in [0.15, 0.2) is 0 Å². The third kappa shape index (κ3) is 3.28. The molecule has 2 N–H and O–H groups in total. The van der Waals surface area contributed by atoms with E-state index in [0.717, 1.165) is 18.0 Å². The largest absolute Gasteiger partial charge is 0.329 e. The van der Waals surface area contributed by atoms with Gasteiger partial charge in [0, 0.05) is 18.6 Å². The predicted molar refractivity (Wildman–Crippen MR) is 77.8 cm³/mol. The van der Waals surface area contributed by atoms with E-state index in [1.165, 1.54) is 18.9 Å². The number of benzene rings is 1. The second kappa shape index (κ2) is 6.21. The van der Waals surface area contributed by atoms with Crippen LogP contribution in [-0.2, 0) is 0 Å². The molecule has 4 heteroatoms. The van der Waals surface area contributed by atoms with Gasteiger partial charge in [-0.05, 0) is 49.9 Å². The van der Waals surface area contributed by atoms with Gasteiger partial charge in [-0.3, -0.25) is 4.90 Å². The maximum Gasteiger partial charge on any atom is 0.142 e. The fourth-order valence-corrected chi connectivity index (χ4v) is 3.19. The summed E-state index contributed by atoms with van der Waals surface area (Å²) < 4.78 is 13.6. The van der Waals surface area contributed by atoms with Crippen molar-refractivity contribution < 1.29 is 4.39 Å². The molecule has 0 spiro atoms. The second-order valence-corrected chi connectivity index (χ2v) is 6.05. The molecule has 1 fully saturated rings. The van der Waals surface area contributed by atoms with Gasteiger partial charge in [0.1, 0.15) is 5.82 Å². The van der Waals surface area contributed by atoms with Crippen molar-refractivity contribution in [2.24, 2.45) is 11.7 Å². The van der Waals surface area contributed by atoms with E-state index < -0.39 is 0 Å². The quantitative estimate of drug-likeness (QED) is 0.919. The lowest BCUT2D eigenvalue weighted by atomic mass is 9.90. The van der Waals surface area contributed by atoms with Crippen LogP contribution in [0.3, 0.4) is 0 Å². The molecule has 3 unspecified atom stereocenters. The summed E-state index contributed by atoms with van der Waals surface area (Å²) in [6.07, 6.45) is 2.35. The number of hydrogen-bond donors (Lipinski definition) is 1. The van der Waals surface area contributed by atoms with Gasteiger partial charge < -0.3 is 5.73 Å². The molecule has 1 saturated heterocycles. The zero-order valence-electron chi connectivity index (χ0n) is 11.6. The van der Waals surface area contributed by atoms with Crippen LogP contribution in [0.5, 0.6) is 0 Å². The summed E-state index contributed by atoms with van der Waals surface area (Å²) in [5.41, 5.74) is 6.85. The summed E-state index contributed by atoms with van der Waals surface area (Å²) >= 11 is 5.74. The Balaban J connectivity index is 2.21. The minimum atomic E-state index is -0.365. The molecule has 3 atom stereocenters. The molecule has 0 saturated carbocycles. The molecule has 0 bridgehead atoms. The molecular weight excluding hydrogens is 263 g/mol. The summed E-state index contributed by atoms with van der Waals surface area (Å²) in [7, 11) is 0. The average molecular weight is 285 g/mol. The molecule has 19 heavy (non-hydrogen) atoms. The van der Waals surface area contributed by atoms with Gasteiger partial charge in [0.05, 0.1) is 5.02 Å². The van der Waals surface area contributed by atoms with E-state index in [0.29, 0.717) is 12.6 Å². The Kier molecular flexibility index (Phi) is 4.82. The van der Waals surface area contributed by atoms with Crippen LogP contribution in [0, 0.1) is 11.7 Å². The molecule has 2 nitrogen and oxygen atoms in total. The monoisotopic (exact) mass is 284 g/mol. The summed E-state index contributed by atoms with van der Waals surface area (Å²) in [4.78, 5) is 2.39. The van der Waals surface area contributed by atoms with Crippen molar-refractivity contribution in [3.8, 4) is 0 Å². The van der Waals surface area contributed by atoms with E-state index in [1.807, 2.05) is 6.07 Å². The van der Waals surface area contributed by atoms with Crippen molar-refractivity contribution in [1.82, 2.24) is 4.90 Å². The smallest absolute Gasteiger partial charge is 0.142 e. The molecule has 0 aliphatic carbocycles. The van der Waals surface area contributed by atoms with Crippen LogP contribution in [0.25, 0.3) is 0 Å². The lowest BCUT2D eigenvalue weighted by molar-refractivity contribution is 0.0846. The minimum absolute atomic E-state index is 0.0780. The normalized spacial score (nSPS) is 26.4. The molecule has 1 aromatic rings. The minimum Gasteiger partial charge on any atom is -0.329 e. The number of nitrogens with two attached hydrogens (primary N) is 1. The Hall–Kier alpha value is -0.640. The first-order valence-electron chi connectivity index (χ1n) is 6.93. The molecular formula is C15H22ClFN2. The van der Waals surface area contributed by atoms with E-state index in [1.54, 1.807) is 6.07 Å². The number of piperidine rings is 1. The van der Waals surface area contributed by atoms with Crippen molar-refractivity contribution in [2.45, 2.75) is 38.8 Å². The molecule has 1 aliphatic rings. The molecule has 0 radical (unpaired) electrons. The van der Waals surface area contributed by atoms with Crippen LogP contribution in [0.4, 0.5) is 4.39 Å². The van der Waals surface area contributed by atoms with E-state index in [9.17, 15) is 4.39 Å². The van der Waals surface area contributed by atoms with Crippen LogP contribution >= 0.6 is 11.6 Å². The maximum absolute atomic E-state index is 13.6. The lowest BCUT2D eigenvalue weighted by Gasteiger charge is -2.41. The third-order valence-electron chi connectivity index (χ3n) is 4.14. The van der Waals surface area contributed by atoms with Crippen molar-refractivity contribution in [2.75, 3.05) is 13.1 Å². The van der Waals surface area contributed by atoms with Gasteiger partial charge in [-0.2, -0.15) is 0 Å². The van der Waals surface area contributed by atoms with Crippen molar-refractivity contribution in [3.05, 3.63) is 34.6 Å². The highest BCUT2D eigenvalue weighted by atomic mass is 35.5. The summed E-state index contributed by atoms with van der Waals surface area (Å²) in [6, 6.07) is 5.58. The summed E-state index contributed by atoms with van der Waals surface area (Å²) in [6.45, 7) is 6.03. The Morgan fingerprint density at radius 1 is 1.47 bits per heavy atom. The Morgan fingerprint density at radius 2 is 2.21 bits per heavy atom. The Bertz CT molecular complexity index is 438. The fraction of sp³-hybridized carbons (Fsp3) is 0.600. The van der Waals surface area contributed by atoms with E-state index in [4.69, 9.17) is 17.3 Å². The van der Waals surface area contributed by atoms with Gasteiger partial charge in [0.2, 0.25) is 0 Å². The molecule has 2 rings (SSSR count). The van der Waals surface area contributed by atoms with Crippen molar-refractivity contribution in [1.29, 1.82) is 0 Å². The summed E-state index contributed by atoms with van der Waals surface area (Å²) in [5.74, 6) is 0.391. The second-order valence-electron chi connectivity index (χ2n) is 5.64. The molecule has 0 amide bonds. The first kappa shape index (κ1) is 14.8. The highest BCUT2D eigenvalue weighted by Gasteiger charge is 2.29. The number of nitrogens with zero attached hydrogens (tertiary/aromatic N) is 1. The fourth-order valence-electron chi connectivity index (χ4n) is 3.07. The SMILES string of the molecule is CC1CCN(C(CN)c2ccc(Cl)c(F)c2)C(C)C1. The Labute approximate surface area is 119 Å². The number of halogens is 2. The lowest BCUT2D eigenvalue weighted by Crippen LogP contribution is -2.44. The highest BCUT2D eigenvalue weighted by molar-refractivity contribution is 6.30. The van der Waals surface area contributed by atoms with Gasteiger partial charge >= 0.3 is 0 Å². The van der Waals surface area contributed by atoms with Crippen LogP contribution in [0.15, 0.2) is 18.2 Å². The van der Waals surface area contributed by atoms with Crippen LogP contribution < -0.4 is 5.73 Å². The molecule has 1 heterocycles. The van der Waals surface area contributed by atoms with Gasteiger partial charge in [-0.1, -0.05) is 24.6 Å². The van der Waals surface area contributed by atoms with Crippen LogP contribution in [0.2, 0.25) is 5.02 Å². The topological polar surface area (TPSA) is 29.3 Å².